The summed E-state index contributed by atoms with van der Waals surface area (Å²) < 4.78 is 11.6. The van der Waals surface area contributed by atoms with Crippen molar-refractivity contribution < 1.29 is 14.3 Å². The summed E-state index contributed by atoms with van der Waals surface area (Å²) in [5.74, 6) is 0.0684. The number of nitrogens with one attached hydrogen (secondary N) is 1. The van der Waals surface area contributed by atoms with Gasteiger partial charge in [0.1, 0.15) is 0 Å². The van der Waals surface area contributed by atoms with Crippen LogP contribution in [0.3, 0.4) is 0 Å². The van der Waals surface area contributed by atoms with Gasteiger partial charge in [0.15, 0.2) is 0 Å². The summed E-state index contributed by atoms with van der Waals surface area (Å²) in [5.41, 5.74) is 2.21. The van der Waals surface area contributed by atoms with Gasteiger partial charge in [0, 0.05) is 39.1 Å². The molecule has 5 nitrogen and oxygen atoms in total. The molecular formula is C24H30N2O3. The van der Waals surface area contributed by atoms with Crippen LogP contribution in [0.4, 0.5) is 0 Å². The van der Waals surface area contributed by atoms with E-state index in [1.54, 1.807) is 0 Å². The number of benzene rings is 2. The normalized spacial score (nSPS) is 20.3. The van der Waals surface area contributed by atoms with E-state index in [1.807, 2.05) is 36.4 Å². The summed E-state index contributed by atoms with van der Waals surface area (Å²) in [7, 11) is 0. The Morgan fingerprint density at radius 1 is 1.00 bits per heavy atom. The van der Waals surface area contributed by atoms with E-state index in [9.17, 15) is 4.79 Å². The van der Waals surface area contributed by atoms with Crippen LogP contribution in [0.15, 0.2) is 60.7 Å². The van der Waals surface area contributed by atoms with Crippen molar-refractivity contribution in [3.8, 4) is 0 Å². The Labute approximate surface area is 173 Å². The largest absolute Gasteiger partial charge is 0.381 e. The Hall–Kier alpha value is -2.21. The quantitative estimate of drug-likeness (QED) is 0.818. The Morgan fingerprint density at radius 2 is 1.69 bits per heavy atom. The van der Waals surface area contributed by atoms with Crippen molar-refractivity contribution in [1.82, 2.24) is 10.2 Å². The van der Waals surface area contributed by atoms with Gasteiger partial charge in [0.05, 0.1) is 24.8 Å². The van der Waals surface area contributed by atoms with E-state index in [2.05, 4.69) is 34.5 Å². The summed E-state index contributed by atoms with van der Waals surface area (Å²) in [6.07, 6.45) is 2.60. The molecular weight excluding hydrogens is 364 g/mol. The second kappa shape index (κ2) is 9.53. The second-order valence-electron chi connectivity index (χ2n) is 8.08. The molecule has 1 N–H and O–H groups in total. The molecule has 2 aromatic rings. The first-order valence-corrected chi connectivity index (χ1v) is 10.5. The second-order valence-corrected chi connectivity index (χ2v) is 8.08. The molecule has 2 aliphatic heterocycles. The standard InChI is InChI=1S/C24H30N2O3/c27-23(18-26-13-16-29-24(19-26)11-14-28-15-12-24)25-22(21-9-5-2-6-10-21)17-20-7-3-1-4-8-20/h1-10,22H,11-19H2,(H,25,27). The van der Waals surface area contributed by atoms with Gasteiger partial charge in [-0.1, -0.05) is 60.7 Å². The zero-order valence-corrected chi connectivity index (χ0v) is 16.9. The van der Waals surface area contributed by atoms with Gasteiger partial charge in [0.25, 0.3) is 0 Å². The first-order valence-electron chi connectivity index (χ1n) is 10.5. The van der Waals surface area contributed by atoms with Gasteiger partial charge in [-0.05, 0) is 17.5 Å². The van der Waals surface area contributed by atoms with Crippen LogP contribution in [0.5, 0.6) is 0 Å². The van der Waals surface area contributed by atoms with Crippen LogP contribution < -0.4 is 5.32 Å². The Morgan fingerprint density at radius 3 is 2.41 bits per heavy atom. The van der Waals surface area contributed by atoms with Crippen LogP contribution in [-0.4, -0.2) is 55.9 Å². The van der Waals surface area contributed by atoms with Crippen molar-refractivity contribution in [1.29, 1.82) is 0 Å². The summed E-state index contributed by atoms with van der Waals surface area (Å²) in [6.45, 7) is 4.17. The number of carbonyl (C=O) groups is 1. The maximum atomic E-state index is 12.9. The SMILES string of the molecule is O=C(CN1CCOC2(CCOCC2)C1)NC(Cc1ccccc1)c1ccccc1. The monoisotopic (exact) mass is 394 g/mol. The van der Waals surface area contributed by atoms with Gasteiger partial charge in [-0.2, -0.15) is 0 Å². The van der Waals surface area contributed by atoms with E-state index in [-0.39, 0.29) is 17.6 Å². The Bertz CT molecular complexity index is 770. The van der Waals surface area contributed by atoms with E-state index >= 15 is 0 Å². The van der Waals surface area contributed by atoms with Gasteiger partial charge in [-0.3, -0.25) is 9.69 Å². The van der Waals surface area contributed by atoms with E-state index in [1.165, 1.54) is 5.56 Å². The fourth-order valence-electron chi connectivity index (χ4n) is 4.33. The summed E-state index contributed by atoms with van der Waals surface area (Å²) in [4.78, 5) is 15.2. The van der Waals surface area contributed by atoms with Crippen molar-refractivity contribution in [3.05, 3.63) is 71.8 Å². The predicted molar refractivity (Wildman–Crippen MR) is 113 cm³/mol. The molecule has 1 atom stereocenters. The number of nitrogens with zero attached hydrogens (tertiary/aromatic N) is 1. The lowest BCUT2D eigenvalue weighted by Crippen LogP contribution is -2.56. The number of hydrogen-bond acceptors (Lipinski definition) is 4. The van der Waals surface area contributed by atoms with Crippen LogP contribution in [0, 0.1) is 0 Å². The minimum atomic E-state index is -0.139. The molecule has 0 saturated carbocycles. The molecule has 154 valence electrons. The molecule has 2 aromatic carbocycles. The fraction of sp³-hybridized carbons (Fsp3) is 0.458. The average Bonchev–Trinajstić information content (AvgIpc) is 2.75. The lowest BCUT2D eigenvalue weighted by molar-refractivity contribution is -0.156. The topological polar surface area (TPSA) is 50.8 Å². The number of morpholine rings is 1. The highest BCUT2D eigenvalue weighted by Crippen LogP contribution is 2.29. The molecule has 2 aliphatic rings. The van der Waals surface area contributed by atoms with Crippen LogP contribution in [0.1, 0.15) is 30.0 Å². The van der Waals surface area contributed by atoms with Gasteiger partial charge >= 0.3 is 0 Å². The highest BCUT2D eigenvalue weighted by atomic mass is 16.5. The zero-order valence-electron chi connectivity index (χ0n) is 16.9. The Kier molecular flexibility index (Phi) is 6.60. The number of hydrogen-bond donors (Lipinski definition) is 1. The van der Waals surface area contributed by atoms with Crippen molar-refractivity contribution in [2.45, 2.75) is 30.9 Å². The maximum absolute atomic E-state index is 12.9. The molecule has 2 fully saturated rings. The third kappa shape index (κ3) is 5.44. The van der Waals surface area contributed by atoms with Crippen molar-refractivity contribution in [2.24, 2.45) is 0 Å². The molecule has 0 bridgehead atoms. The molecule has 29 heavy (non-hydrogen) atoms. The van der Waals surface area contributed by atoms with Crippen LogP contribution in [0.25, 0.3) is 0 Å². The molecule has 4 rings (SSSR count). The molecule has 5 heteroatoms. The molecule has 0 radical (unpaired) electrons. The van der Waals surface area contributed by atoms with E-state index in [4.69, 9.17) is 9.47 Å². The van der Waals surface area contributed by atoms with Crippen molar-refractivity contribution >= 4 is 5.91 Å². The van der Waals surface area contributed by atoms with Gasteiger partial charge in [-0.15, -0.1) is 0 Å². The first kappa shape index (κ1) is 20.1. The highest BCUT2D eigenvalue weighted by molar-refractivity contribution is 5.78. The number of carbonyl (C=O) groups excluding carboxylic acids is 1. The number of ether oxygens (including phenoxy) is 2. The fourth-order valence-corrected chi connectivity index (χ4v) is 4.33. The van der Waals surface area contributed by atoms with Gasteiger partial charge < -0.3 is 14.8 Å². The summed E-state index contributed by atoms with van der Waals surface area (Å²) >= 11 is 0. The predicted octanol–water partition coefficient (Wildman–Crippen LogP) is 2.97. The van der Waals surface area contributed by atoms with E-state index < -0.39 is 0 Å². The zero-order chi connectivity index (χ0) is 19.9. The first-order chi connectivity index (χ1) is 14.2. The lowest BCUT2D eigenvalue weighted by Gasteiger charge is -2.44. The molecule has 0 aromatic heterocycles. The minimum absolute atomic E-state index is 0.0378. The van der Waals surface area contributed by atoms with Gasteiger partial charge in [0.2, 0.25) is 5.91 Å². The summed E-state index contributed by atoms with van der Waals surface area (Å²) in [5, 5.41) is 3.27. The van der Waals surface area contributed by atoms with E-state index in [0.717, 1.165) is 51.1 Å². The summed E-state index contributed by atoms with van der Waals surface area (Å²) in [6, 6.07) is 20.5. The smallest absolute Gasteiger partial charge is 0.234 e. The average molecular weight is 395 g/mol. The number of rotatable bonds is 6. The molecule has 1 spiro atoms. The van der Waals surface area contributed by atoms with Crippen LogP contribution in [0.2, 0.25) is 0 Å². The molecule has 1 amide bonds. The maximum Gasteiger partial charge on any atom is 0.234 e. The molecule has 2 saturated heterocycles. The van der Waals surface area contributed by atoms with Gasteiger partial charge in [-0.25, -0.2) is 0 Å². The molecule has 2 heterocycles. The Balaban J connectivity index is 1.39. The molecule has 0 aliphatic carbocycles. The number of amides is 1. The molecule has 1 unspecified atom stereocenters. The minimum Gasteiger partial charge on any atom is -0.381 e. The van der Waals surface area contributed by atoms with Crippen LogP contribution >= 0.6 is 0 Å². The van der Waals surface area contributed by atoms with Crippen molar-refractivity contribution in [3.63, 3.8) is 0 Å². The third-order valence-corrected chi connectivity index (χ3v) is 5.92. The van der Waals surface area contributed by atoms with Crippen LogP contribution in [-0.2, 0) is 20.7 Å². The van der Waals surface area contributed by atoms with Crippen molar-refractivity contribution in [2.75, 3.05) is 39.5 Å². The lowest BCUT2D eigenvalue weighted by atomic mass is 9.92. The highest BCUT2D eigenvalue weighted by Gasteiger charge is 2.38. The van der Waals surface area contributed by atoms with E-state index in [0.29, 0.717) is 13.2 Å². The third-order valence-electron chi connectivity index (χ3n) is 5.92.